The molecular formula is C51H51Cl3SiTi. The maximum Gasteiger partial charge on any atom is -1.00 e. The summed E-state index contributed by atoms with van der Waals surface area (Å²) in [5, 5.41) is 4.28. The zero-order chi connectivity index (χ0) is 37.8. The van der Waals surface area contributed by atoms with Crippen LogP contribution in [0.25, 0.3) is 33.4 Å². The molecule has 0 aromatic heterocycles. The summed E-state index contributed by atoms with van der Waals surface area (Å²) in [7, 11) is -3.35. The van der Waals surface area contributed by atoms with E-state index in [1.54, 1.807) is 0 Å². The van der Waals surface area contributed by atoms with Gasteiger partial charge in [-0.2, -0.15) is 0 Å². The number of aryl methyl sites for hydroxylation is 3. The van der Waals surface area contributed by atoms with E-state index in [0.29, 0.717) is 0 Å². The Labute approximate surface area is 367 Å². The predicted octanol–water partition coefficient (Wildman–Crippen LogP) is 2.95. The molecule has 6 aromatic carbocycles. The number of halogens is 3. The van der Waals surface area contributed by atoms with Gasteiger partial charge in [0.2, 0.25) is 0 Å². The van der Waals surface area contributed by atoms with Gasteiger partial charge in [-0.25, -0.2) is 0 Å². The van der Waals surface area contributed by atoms with Gasteiger partial charge in [0.15, 0.2) is 0 Å². The number of hydrogen-bond donors (Lipinski definition) is 0. The summed E-state index contributed by atoms with van der Waals surface area (Å²) in [4.78, 5) is 0. The van der Waals surface area contributed by atoms with Crippen molar-refractivity contribution in [1.82, 2.24) is 0 Å². The van der Waals surface area contributed by atoms with E-state index in [1.807, 2.05) is 0 Å². The van der Waals surface area contributed by atoms with Crippen LogP contribution in [0.1, 0.15) is 61.1 Å². The van der Waals surface area contributed by atoms with Crippen molar-refractivity contribution in [3.63, 3.8) is 0 Å². The molecule has 1 atom stereocenters. The van der Waals surface area contributed by atoms with Gasteiger partial charge in [0.25, 0.3) is 0 Å². The Morgan fingerprint density at radius 3 is 0.929 bits per heavy atom. The first-order valence-electron chi connectivity index (χ1n) is 19.0. The molecule has 0 bridgehead atoms. The normalized spacial score (nSPS) is 15.3. The fraction of sp³-hybridized carbons (Fsp3) is 0.216. The van der Waals surface area contributed by atoms with Gasteiger partial charge in [-0.05, 0) is 0 Å². The fourth-order valence-corrected chi connectivity index (χ4v) is 18.7. The van der Waals surface area contributed by atoms with Crippen LogP contribution in [-0.2, 0) is 20.4 Å². The van der Waals surface area contributed by atoms with E-state index in [-0.39, 0.29) is 42.3 Å². The molecule has 284 valence electrons. The Morgan fingerprint density at radius 1 is 0.393 bits per heavy atom. The molecule has 0 spiro atoms. The van der Waals surface area contributed by atoms with Crippen molar-refractivity contribution in [2.45, 2.75) is 74.3 Å². The molecule has 0 radical (unpaired) electrons. The van der Waals surface area contributed by atoms with Crippen LogP contribution < -0.4 is 52.8 Å². The number of rotatable bonds is 7. The van der Waals surface area contributed by atoms with E-state index >= 15 is 0 Å². The van der Waals surface area contributed by atoms with Crippen molar-refractivity contribution < 1.29 is 57.7 Å². The van der Waals surface area contributed by atoms with Crippen LogP contribution in [0.5, 0.6) is 0 Å². The molecule has 0 saturated carbocycles. The van der Waals surface area contributed by atoms with Crippen molar-refractivity contribution in [2.24, 2.45) is 0 Å². The standard InChI is InChI=1S/C51H51Si.3ClH.Ti/c1-33-26-29-45(42-20-14-11-15-21-42)48(38(33)6)52(51(10)32-36(4)37(5)41(51)9,49-39(7)34(2)27-30-46(49)43-22-16-12-17-23-43)50-40(8)35(3)28-31-47(50)44-24-18-13-19-25-44;;;;/h11-31H,1-10H3;3*1H;/q;;;;+3/p-3. The molecule has 56 heavy (non-hydrogen) atoms. The van der Waals surface area contributed by atoms with Crippen molar-refractivity contribution in [1.29, 1.82) is 0 Å². The van der Waals surface area contributed by atoms with E-state index in [0.717, 1.165) is 0 Å². The average molecular weight is 846 g/mol. The first-order chi connectivity index (χ1) is 25.4. The molecule has 0 nitrogen and oxygen atoms in total. The van der Waals surface area contributed by atoms with Crippen LogP contribution in [0.15, 0.2) is 148 Å². The molecule has 1 aliphatic rings. The van der Waals surface area contributed by atoms with E-state index in [2.05, 4.69) is 217 Å². The predicted molar refractivity (Wildman–Crippen MR) is 228 cm³/mol. The van der Waals surface area contributed by atoms with Gasteiger partial charge in [-0.1, -0.05) is 0 Å². The number of allylic oxidation sites excluding steroid dienone is 4. The van der Waals surface area contributed by atoms with Crippen molar-refractivity contribution in [3.8, 4) is 33.4 Å². The van der Waals surface area contributed by atoms with Gasteiger partial charge in [0.1, 0.15) is 0 Å². The maximum atomic E-state index is 2.65. The zero-order valence-corrected chi connectivity index (χ0v) is 39.1. The van der Waals surface area contributed by atoms with E-state index < -0.39 is 8.07 Å². The zero-order valence-electron chi connectivity index (χ0n) is 34.3. The van der Waals surface area contributed by atoms with Crippen LogP contribution in [0.3, 0.4) is 0 Å². The minimum atomic E-state index is -3.35. The molecule has 0 N–H and O–H groups in total. The molecule has 0 aliphatic heterocycles. The third kappa shape index (κ3) is 6.87. The molecule has 5 heteroatoms. The summed E-state index contributed by atoms with van der Waals surface area (Å²) in [5.74, 6) is 0. The van der Waals surface area contributed by atoms with Gasteiger partial charge in [-0.15, -0.1) is 0 Å². The van der Waals surface area contributed by atoms with Crippen LogP contribution >= 0.6 is 0 Å². The van der Waals surface area contributed by atoms with E-state index in [9.17, 15) is 0 Å². The first kappa shape index (κ1) is 45.3. The van der Waals surface area contributed by atoms with Gasteiger partial charge < -0.3 is 37.2 Å². The van der Waals surface area contributed by atoms with Gasteiger partial charge >= 0.3 is 333 Å². The summed E-state index contributed by atoms with van der Waals surface area (Å²) < 4.78 is 1.50. The second-order valence-corrected chi connectivity index (χ2v) is 20.3. The molecule has 1 aliphatic carbocycles. The van der Waals surface area contributed by atoms with Crippen molar-refractivity contribution in [2.75, 3.05) is 0 Å². The average Bonchev–Trinajstić information content (AvgIpc) is 3.33. The molecule has 0 saturated heterocycles. The van der Waals surface area contributed by atoms with Crippen LogP contribution in [0, 0.1) is 41.5 Å². The molecule has 7 rings (SSSR count). The quantitative estimate of drug-likeness (QED) is 0.172. The van der Waals surface area contributed by atoms with Gasteiger partial charge in [0, 0.05) is 0 Å². The molecular weight excluding hydrogens is 795 g/mol. The Hall–Kier alpha value is -3.40. The van der Waals surface area contributed by atoms with Crippen LogP contribution in [-0.4, -0.2) is 8.07 Å². The summed E-state index contributed by atoms with van der Waals surface area (Å²) >= 11 is 2.46. The molecule has 0 heterocycles. The second-order valence-electron chi connectivity index (χ2n) is 15.5. The molecule has 0 fully saturated rings. The summed E-state index contributed by atoms with van der Waals surface area (Å²) in [5.41, 5.74) is 20.5. The molecule has 6 aromatic rings. The summed E-state index contributed by atoms with van der Waals surface area (Å²) in [6, 6.07) is 48.1. The van der Waals surface area contributed by atoms with Crippen LogP contribution in [0.2, 0.25) is 5.04 Å². The number of benzene rings is 6. The minimum Gasteiger partial charge on any atom is -1.00 e. The maximum absolute atomic E-state index is 3.35. The Kier molecular flexibility index (Phi) is 14.3. The topological polar surface area (TPSA) is 0 Å². The minimum absolute atomic E-state index is 0. The summed E-state index contributed by atoms with van der Waals surface area (Å²) in [6.07, 6.45) is 0. The van der Waals surface area contributed by atoms with Crippen LogP contribution in [0.4, 0.5) is 0 Å². The summed E-state index contributed by atoms with van der Waals surface area (Å²) in [6.45, 7) is 24.1. The van der Waals surface area contributed by atoms with E-state index in [1.165, 1.54) is 103 Å². The third-order valence-corrected chi connectivity index (χ3v) is 21.2. The molecule has 0 amide bonds. The van der Waals surface area contributed by atoms with Gasteiger partial charge in [-0.3, -0.25) is 0 Å². The Balaban J connectivity index is 0.00000232. The Bertz CT molecular complexity index is 2200. The fourth-order valence-electron chi connectivity index (χ4n) is 9.47. The largest absolute Gasteiger partial charge is 1.00 e. The SMILES string of the molecule is CC1=C(C)C(C)([Si](c2c(-c3ccccc3)ccc(C)c2C)(c2c(-c3ccccc3)ccc(C)c2C)c2c(-c3ccccc3)ccc(C)c2C)[C]([Ti+3])=C1C.[Cl-].[Cl-].[Cl-]. The van der Waals surface area contributed by atoms with Crippen molar-refractivity contribution in [3.05, 3.63) is 181 Å². The third-order valence-electron chi connectivity index (χ3n) is 13.1. The Morgan fingerprint density at radius 2 is 0.679 bits per heavy atom. The monoisotopic (exact) mass is 844 g/mol. The van der Waals surface area contributed by atoms with Crippen molar-refractivity contribution >= 4 is 23.6 Å². The first-order valence-corrected chi connectivity index (χ1v) is 21.7. The smallest absolute Gasteiger partial charge is 1.00 e. The molecule has 1 unspecified atom stereocenters. The van der Waals surface area contributed by atoms with Gasteiger partial charge in [0.05, 0.1) is 0 Å². The second kappa shape index (κ2) is 17.6. The number of hydrogen-bond acceptors (Lipinski definition) is 0. The van der Waals surface area contributed by atoms with E-state index in [4.69, 9.17) is 0 Å².